The van der Waals surface area contributed by atoms with Crippen LogP contribution in [0.2, 0.25) is 0 Å². The maximum absolute atomic E-state index is 13.1. The fourth-order valence-corrected chi connectivity index (χ4v) is 5.72. The van der Waals surface area contributed by atoms with E-state index >= 15 is 0 Å². The molecule has 2 aliphatic rings. The molecule has 1 fully saturated rings. The van der Waals surface area contributed by atoms with E-state index in [4.69, 9.17) is 0 Å². The number of fused-ring (bicyclic) bond motifs is 1. The third-order valence-corrected chi connectivity index (χ3v) is 7.44. The molecule has 26 heavy (non-hydrogen) atoms. The van der Waals surface area contributed by atoms with Gasteiger partial charge in [-0.1, -0.05) is 25.1 Å². The molecule has 0 amide bonds. The summed E-state index contributed by atoms with van der Waals surface area (Å²) >= 11 is 0. The number of piperidine rings is 1. The zero-order valence-electron chi connectivity index (χ0n) is 15.1. The molecule has 1 N–H and O–H groups in total. The van der Waals surface area contributed by atoms with Crippen LogP contribution in [0.15, 0.2) is 29.2 Å². The predicted molar refractivity (Wildman–Crippen MR) is 98.3 cm³/mol. The van der Waals surface area contributed by atoms with E-state index in [1.165, 1.54) is 0 Å². The van der Waals surface area contributed by atoms with Crippen molar-refractivity contribution in [2.24, 2.45) is 0 Å². The van der Waals surface area contributed by atoms with Crippen LogP contribution in [0.1, 0.15) is 42.9 Å². The first kappa shape index (κ1) is 17.6. The Labute approximate surface area is 154 Å². The summed E-state index contributed by atoms with van der Waals surface area (Å²) < 4.78 is 30.0. The largest absolute Gasteiger partial charge is 0.312 e. The van der Waals surface area contributed by atoms with Crippen molar-refractivity contribution in [3.8, 4) is 0 Å². The Kier molecular flexibility index (Phi) is 4.81. The Morgan fingerprint density at radius 1 is 1.15 bits per heavy atom. The van der Waals surface area contributed by atoms with Gasteiger partial charge in [-0.2, -0.15) is 4.31 Å². The van der Waals surface area contributed by atoms with Gasteiger partial charge in [-0.25, -0.2) is 8.42 Å². The van der Waals surface area contributed by atoms with Crippen molar-refractivity contribution in [1.29, 1.82) is 0 Å². The molecule has 2 aromatic rings. The molecule has 2 aliphatic heterocycles. The summed E-state index contributed by atoms with van der Waals surface area (Å²) in [5, 5.41) is 12.0. The zero-order chi connectivity index (χ0) is 18.1. The van der Waals surface area contributed by atoms with Crippen LogP contribution >= 0.6 is 0 Å². The van der Waals surface area contributed by atoms with Gasteiger partial charge in [0.25, 0.3) is 0 Å². The van der Waals surface area contributed by atoms with Crippen LogP contribution in [0.25, 0.3) is 0 Å². The molecular weight excluding hydrogens is 350 g/mol. The van der Waals surface area contributed by atoms with Crippen LogP contribution in [0.5, 0.6) is 0 Å². The summed E-state index contributed by atoms with van der Waals surface area (Å²) in [5.74, 6) is 2.29. The van der Waals surface area contributed by atoms with Crippen LogP contribution in [-0.2, 0) is 29.5 Å². The summed E-state index contributed by atoms with van der Waals surface area (Å²) in [6, 6.07) is 7.32. The molecule has 0 radical (unpaired) electrons. The quantitative estimate of drug-likeness (QED) is 0.876. The molecular formula is C18H25N5O2S. The van der Waals surface area contributed by atoms with E-state index < -0.39 is 10.0 Å². The number of nitrogens with zero attached hydrogens (tertiary/aromatic N) is 4. The van der Waals surface area contributed by atoms with Crippen LogP contribution in [0.4, 0.5) is 0 Å². The van der Waals surface area contributed by atoms with Crippen LogP contribution < -0.4 is 5.32 Å². The third-order valence-electron chi connectivity index (χ3n) is 5.44. The van der Waals surface area contributed by atoms with Gasteiger partial charge in [0.15, 0.2) is 0 Å². The Balaban J connectivity index is 1.51. The number of aryl methyl sites for hydroxylation is 1. The van der Waals surface area contributed by atoms with Gasteiger partial charge in [-0.05, 0) is 30.9 Å². The summed E-state index contributed by atoms with van der Waals surface area (Å²) in [7, 11) is -3.43. The molecule has 7 nitrogen and oxygen atoms in total. The molecule has 0 aliphatic carbocycles. The SMILES string of the molecule is CCc1ccccc1S(=O)(=O)N1CCC(c2nnc3n2CCNC3)CC1. The number of aromatic nitrogens is 3. The van der Waals surface area contributed by atoms with Crippen molar-refractivity contribution in [2.75, 3.05) is 19.6 Å². The number of sulfonamides is 1. The molecule has 1 saturated heterocycles. The molecule has 0 bridgehead atoms. The number of hydrogen-bond donors (Lipinski definition) is 1. The fourth-order valence-electron chi connectivity index (χ4n) is 3.96. The van der Waals surface area contributed by atoms with Crippen LogP contribution in [0, 0.1) is 0 Å². The van der Waals surface area contributed by atoms with Crippen molar-refractivity contribution < 1.29 is 8.42 Å². The van der Waals surface area contributed by atoms with E-state index in [2.05, 4.69) is 20.1 Å². The molecule has 0 spiro atoms. The molecule has 3 heterocycles. The molecule has 4 rings (SSSR count). The van der Waals surface area contributed by atoms with Gasteiger partial charge in [0.05, 0.1) is 11.4 Å². The number of rotatable bonds is 4. The van der Waals surface area contributed by atoms with Crippen LogP contribution in [-0.4, -0.2) is 47.1 Å². The van der Waals surface area contributed by atoms with E-state index in [1.54, 1.807) is 16.4 Å². The minimum Gasteiger partial charge on any atom is -0.312 e. The summed E-state index contributed by atoms with van der Waals surface area (Å²) in [5.41, 5.74) is 0.883. The fraction of sp³-hybridized carbons (Fsp3) is 0.556. The van der Waals surface area contributed by atoms with Gasteiger partial charge < -0.3 is 9.88 Å². The van der Waals surface area contributed by atoms with Gasteiger partial charge in [-0.15, -0.1) is 10.2 Å². The van der Waals surface area contributed by atoms with Crippen molar-refractivity contribution in [3.05, 3.63) is 41.5 Å². The van der Waals surface area contributed by atoms with Gasteiger partial charge in [0.1, 0.15) is 11.6 Å². The van der Waals surface area contributed by atoms with Crippen molar-refractivity contribution >= 4 is 10.0 Å². The zero-order valence-corrected chi connectivity index (χ0v) is 15.9. The Bertz CT molecular complexity index is 885. The molecule has 8 heteroatoms. The van der Waals surface area contributed by atoms with Gasteiger partial charge in [-0.3, -0.25) is 0 Å². The second kappa shape index (κ2) is 7.09. The summed E-state index contributed by atoms with van der Waals surface area (Å²) in [6.07, 6.45) is 2.30. The van der Waals surface area contributed by atoms with Crippen molar-refractivity contribution in [1.82, 2.24) is 24.4 Å². The lowest BCUT2D eigenvalue weighted by atomic mass is 9.97. The first-order chi connectivity index (χ1) is 12.6. The average Bonchev–Trinajstić information content (AvgIpc) is 3.12. The number of hydrogen-bond acceptors (Lipinski definition) is 5. The first-order valence-corrected chi connectivity index (χ1v) is 10.8. The number of nitrogens with one attached hydrogen (secondary N) is 1. The molecule has 0 saturated carbocycles. The topological polar surface area (TPSA) is 80.1 Å². The van der Waals surface area contributed by atoms with E-state index in [0.29, 0.717) is 24.4 Å². The molecule has 1 aromatic carbocycles. The maximum Gasteiger partial charge on any atom is 0.243 e. The average molecular weight is 375 g/mol. The highest BCUT2D eigenvalue weighted by Crippen LogP contribution is 2.31. The molecule has 140 valence electrons. The number of benzene rings is 1. The van der Waals surface area contributed by atoms with E-state index in [1.807, 2.05) is 19.1 Å². The van der Waals surface area contributed by atoms with Crippen molar-refractivity contribution in [3.63, 3.8) is 0 Å². The smallest absolute Gasteiger partial charge is 0.243 e. The Hall–Kier alpha value is -1.77. The minimum absolute atomic E-state index is 0.280. The van der Waals surface area contributed by atoms with E-state index in [0.717, 1.165) is 49.7 Å². The van der Waals surface area contributed by atoms with E-state index in [9.17, 15) is 8.42 Å². The van der Waals surface area contributed by atoms with E-state index in [-0.39, 0.29) is 5.92 Å². The lowest BCUT2D eigenvalue weighted by molar-refractivity contribution is 0.307. The Morgan fingerprint density at radius 3 is 2.69 bits per heavy atom. The highest BCUT2D eigenvalue weighted by molar-refractivity contribution is 7.89. The molecule has 0 unspecified atom stereocenters. The lowest BCUT2D eigenvalue weighted by Gasteiger charge is -2.31. The Morgan fingerprint density at radius 2 is 1.92 bits per heavy atom. The van der Waals surface area contributed by atoms with Gasteiger partial charge in [0, 0.05) is 32.1 Å². The third kappa shape index (κ3) is 3.06. The summed E-state index contributed by atoms with van der Waals surface area (Å²) in [6.45, 7) is 5.63. The normalized spacial score (nSPS) is 19.4. The second-order valence-corrected chi connectivity index (χ2v) is 8.85. The molecule has 1 aromatic heterocycles. The highest BCUT2D eigenvalue weighted by atomic mass is 32.2. The van der Waals surface area contributed by atoms with Crippen molar-refractivity contribution in [2.45, 2.75) is 50.1 Å². The predicted octanol–water partition coefficient (Wildman–Crippen LogP) is 1.51. The monoisotopic (exact) mass is 375 g/mol. The van der Waals surface area contributed by atoms with Crippen LogP contribution in [0.3, 0.4) is 0 Å². The summed E-state index contributed by atoms with van der Waals surface area (Å²) in [4.78, 5) is 0.451. The first-order valence-electron chi connectivity index (χ1n) is 9.32. The maximum atomic E-state index is 13.1. The highest BCUT2D eigenvalue weighted by Gasteiger charge is 2.33. The molecule has 0 atom stereocenters. The minimum atomic E-state index is -3.43. The van der Waals surface area contributed by atoms with Gasteiger partial charge in [0.2, 0.25) is 10.0 Å². The second-order valence-electron chi connectivity index (χ2n) is 6.94. The standard InChI is InChI=1S/C18H25N5O2S/c1-2-14-5-3-4-6-16(14)26(24,25)22-10-7-15(8-11-22)18-21-20-17-13-19-9-12-23(17)18/h3-6,15,19H,2,7-13H2,1H3. The lowest BCUT2D eigenvalue weighted by Crippen LogP contribution is -2.39. The van der Waals surface area contributed by atoms with Gasteiger partial charge >= 0.3 is 0 Å².